The molecule has 0 fully saturated rings. The first kappa shape index (κ1) is 22.5. The van der Waals surface area contributed by atoms with Gasteiger partial charge in [-0.1, -0.05) is 32.0 Å². The molecule has 0 spiro atoms. The number of benzene rings is 1. The third kappa shape index (κ3) is 6.93. The summed E-state index contributed by atoms with van der Waals surface area (Å²) < 4.78 is 5.47. The molecule has 0 aliphatic rings. The standard InChI is InChI=1S/C22H32N4O3/c1-7-26(21(28)29-22(4,5)6)14-16-10-8-9-11-18(16)23-20(27)19-13-17(24-25-19)12-15(2)3/h8-11,13,15H,7,12,14H2,1-6H3,(H,23,27)(H,24,25). The second-order valence-corrected chi connectivity index (χ2v) is 8.48. The number of H-pyrrole nitrogens is 1. The number of anilines is 1. The molecule has 29 heavy (non-hydrogen) atoms. The molecule has 2 aromatic rings. The Morgan fingerprint density at radius 3 is 2.55 bits per heavy atom. The number of amides is 2. The summed E-state index contributed by atoms with van der Waals surface area (Å²) in [5, 5.41) is 9.95. The number of aromatic nitrogens is 2. The fourth-order valence-electron chi connectivity index (χ4n) is 2.83. The van der Waals surface area contributed by atoms with E-state index in [0.717, 1.165) is 17.7 Å². The number of carbonyl (C=O) groups excluding carboxylic acids is 2. The molecule has 0 radical (unpaired) electrons. The summed E-state index contributed by atoms with van der Waals surface area (Å²) in [7, 11) is 0. The molecule has 1 aromatic heterocycles. The van der Waals surface area contributed by atoms with Crippen molar-refractivity contribution >= 4 is 17.7 Å². The second kappa shape index (κ2) is 9.58. The molecule has 2 amide bonds. The minimum atomic E-state index is -0.564. The van der Waals surface area contributed by atoms with Gasteiger partial charge in [-0.05, 0) is 57.7 Å². The van der Waals surface area contributed by atoms with Crippen molar-refractivity contribution in [2.24, 2.45) is 5.92 Å². The average Bonchev–Trinajstić information content (AvgIpc) is 3.07. The topological polar surface area (TPSA) is 87.3 Å². The van der Waals surface area contributed by atoms with Crippen molar-refractivity contribution in [3.63, 3.8) is 0 Å². The molecule has 7 nitrogen and oxygen atoms in total. The average molecular weight is 401 g/mol. The first-order valence-corrected chi connectivity index (χ1v) is 10.0. The van der Waals surface area contributed by atoms with Crippen LogP contribution < -0.4 is 5.32 Å². The number of carbonyl (C=O) groups is 2. The quantitative estimate of drug-likeness (QED) is 0.710. The zero-order valence-electron chi connectivity index (χ0n) is 18.2. The smallest absolute Gasteiger partial charge is 0.410 e. The second-order valence-electron chi connectivity index (χ2n) is 8.48. The van der Waals surface area contributed by atoms with Gasteiger partial charge in [-0.2, -0.15) is 5.10 Å². The molecule has 2 N–H and O–H groups in total. The van der Waals surface area contributed by atoms with Crippen molar-refractivity contribution < 1.29 is 14.3 Å². The van der Waals surface area contributed by atoms with E-state index in [-0.39, 0.29) is 12.0 Å². The normalized spacial score (nSPS) is 11.4. The lowest BCUT2D eigenvalue weighted by Gasteiger charge is -2.27. The monoisotopic (exact) mass is 400 g/mol. The van der Waals surface area contributed by atoms with Crippen molar-refractivity contribution in [2.45, 2.75) is 60.1 Å². The van der Waals surface area contributed by atoms with E-state index in [2.05, 4.69) is 29.4 Å². The predicted octanol–water partition coefficient (Wildman–Crippen LogP) is 4.62. The molecule has 1 aromatic carbocycles. The van der Waals surface area contributed by atoms with Gasteiger partial charge in [0.1, 0.15) is 5.60 Å². The third-order valence-corrected chi connectivity index (χ3v) is 4.15. The molecule has 0 atom stereocenters. The minimum Gasteiger partial charge on any atom is -0.444 e. The van der Waals surface area contributed by atoms with Crippen LogP contribution in [-0.4, -0.2) is 39.2 Å². The Bertz CT molecular complexity index is 837. The molecule has 0 bridgehead atoms. The molecular weight excluding hydrogens is 368 g/mol. The zero-order chi connectivity index (χ0) is 21.6. The van der Waals surface area contributed by atoms with Crippen LogP contribution in [0.4, 0.5) is 10.5 Å². The summed E-state index contributed by atoms with van der Waals surface area (Å²) in [6.07, 6.45) is 0.449. The SMILES string of the molecule is CCN(Cc1ccccc1NC(=O)c1cc(CC(C)C)[nH]n1)C(=O)OC(C)(C)C. The van der Waals surface area contributed by atoms with Crippen LogP contribution in [-0.2, 0) is 17.7 Å². The first-order valence-electron chi connectivity index (χ1n) is 10.0. The van der Waals surface area contributed by atoms with E-state index in [4.69, 9.17) is 4.74 Å². The zero-order valence-corrected chi connectivity index (χ0v) is 18.2. The first-order chi connectivity index (χ1) is 13.6. The Labute approximate surface area is 172 Å². The van der Waals surface area contributed by atoms with Crippen molar-refractivity contribution in [1.82, 2.24) is 15.1 Å². The van der Waals surface area contributed by atoms with E-state index in [9.17, 15) is 9.59 Å². The maximum atomic E-state index is 12.6. The van der Waals surface area contributed by atoms with Gasteiger partial charge in [0.2, 0.25) is 0 Å². The summed E-state index contributed by atoms with van der Waals surface area (Å²) >= 11 is 0. The number of aromatic amines is 1. The van der Waals surface area contributed by atoms with Gasteiger partial charge in [0.15, 0.2) is 5.69 Å². The Hall–Kier alpha value is -2.83. The molecule has 0 saturated heterocycles. The Morgan fingerprint density at radius 2 is 1.93 bits per heavy atom. The van der Waals surface area contributed by atoms with E-state index < -0.39 is 5.60 Å². The fraction of sp³-hybridized carbons (Fsp3) is 0.500. The summed E-state index contributed by atoms with van der Waals surface area (Å²) in [5.74, 6) is 0.184. The largest absolute Gasteiger partial charge is 0.444 e. The molecule has 0 aliphatic carbocycles. The van der Waals surface area contributed by atoms with Gasteiger partial charge in [0.05, 0.1) is 6.54 Å². The third-order valence-electron chi connectivity index (χ3n) is 4.15. The number of hydrogen-bond donors (Lipinski definition) is 2. The van der Waals surface area contributed by atoms with Gasteiger partial charge in [-0.15, -0.1) is 0 Å². The van der Waals surface area contributed by atoms with Crippen LogP contribution in [0.1, 0.15) is 63.3 Å². The number of nitrogens with one attached hydrogen (secondary N) is 2. The van der Waals surface area contributed by atoms with Crippen molar-refractivity contribution in [2.75, 3.05) is 11.9 Å². The highest BCUT2D eigenvalue weighted by Crippen LogP contribution is 2.20. The minimum absolute atomic E-state index is 0.288. The predicted molar refractivity (Wildman–Crippen MR) is 114 cm³/mol. The van der Waals surface area contributed by atoms with Gasteiger partial charge in [0, 0.05) is 17.9 Å². The number of nitrogens with zero attached hydrogens (tertiary/aromatic N) is 2. The van der Waals surface area contributed by atoms with Crippen LogP contribution >= 0.6 is 0 Å². The summed E-state index contributed by atoms with van der Waals surface area (Å²) in [6.45, 7) is 12.5. The maximum absolute atomic E-state index is 12.6. The van der Waals surface area contributed by atoms with Crippen LogP contribution in [0.5, 0.6) is 0 Å². The molecule has 158 valence electrons. The molecule has 7 heteroatoms. The maximum Gasteiger partial charge on any atom is 0.410 e. The van der Waals surface area contributed by atoms with Gasteiger partial charge in [0.25, 0.3) is 5.91 Å². The Morgan fingerprint density at radius 1 is 1.24 bits per heavy atom. The molecule has 0 aliphatic heterocycles. The van der Waals surface area contributed by atoms with Gasteiger partial charge in [-0.3, -0.25) is 9.89 Å². The number of ether oxygens (including phenoxy) is 1. The lowest BCUT2D eigenvalue weighted by atomic mass is 10.1. The van der Waals surface area contributed by atoms with E-state index in [1.54, 1.807) is 11.0 Å². The Kier molecular flexibility index (Phi) is 7.42. The summed E-state index contributed by atoms with van der Waals surface area (Å²) in [6, 6.07) is 9.20. The fourth-order valence-corrected chi connectivity index (χ4v) is 2.83. The van der Waals surface area contributed by atoms with Crippen LogP contribution in [0.15, 0.2) is 30.3 Å². The van der Waals surface area contributed by atoms with Gasteiger partial charge >= 0.3 is 6.09 Å². The van der Waals surface area contributed by atoms with Gasteiger partial charge in [-0.25, -0.2) is 4.79 Å². The molecular formula is C22H32N4O3. The van der Waals surface area contributed by atoms with Crippen molar-refractivity contribution in [3.8, 4) is 0 Å². The number of para-hydroxylation sites is 1. The van der Waals surface area contributed by atoms with Crippen molar-refractivity contribution in [3.05, 3.63) is 47.3 Å². The van der Waals surface area contributed by atoms with Gasteiger partial charge < -0.3 is 15.0 Å². The molecule has 0 unspecified atom stereocenters. The lowest BCUT2D eigenvalue weighted by molar-refractivity contribution is 0.0245. The highest BCUT2D eigenvalue weighted by molar-refractivity contribution is 6.03. The van der Waals surface area contributed by atoms with Crippen LogP contribution in [0.25, 0.3) is 0 Å². The van der Waals surface area contributed by atoms with E-state index in [1.807, 2.05) is 52.0 Å². The van der Waals surface area contributed by atoms with E-state index in [0.29, 0.717) is 30.4 Å². The highest BCUT2D eigenvalue weighted by atomic mass is 16.6. The van der Waals surface area contributed by atoms with Crippen LogP contribution in [0.2, 0.25) is 0 Å². The lowest BCUT2D eigenvalue weighted by Crippen LogP contribution is -2.36. The molecule has 2 rings (SSSR count). The summed E-state index contributed by atoms with van der Waals surface area (Å²) in [4.78, 5) is 26.7. The van der Waals surface area contributed by atoms with Crippen LogP contribution in [0.3, 0.4) is 0 Å². The van der Waals surface area contributed by atoms with Crippen LogP contribution in [0, 0.1) is 5.92 Å². The summed E-state index contributed by atoms with van der Waals surface area (Å²) in [5.41, 5.74) is 2.18. The number of rotatable bonds is 7. The molecule has 1 heterocycles. The van der Waals surface area contributed by atoms with Crippen molar-refractivity contribution in [1.29, 1.82) is 0 Å². The van der Waals surface area contributed by atoms with E-state index in [1.165, 1.54) is 0 Å². The number of hydrogen-bond acceptors (Lipinski definition) is 4. The van der Waals surface area contributed by atoms with E-state index >= 15 is 0 Å². The molecule has 0 saturated carbocycles. The Balaban J connectivity index is 2.12. The highest BCUT2D eigenvalue weighted by Gasteiger charge is 2.22.